The van der Waals surface area contributed by atoms with Gasteiger partial charge in [-0.25, -0.2) is 13.4 Å². The van der Waals surface area contributed by atoms with E-state index >= 15 is 0 Å². The fourth-order valence-electron chi connectivity index (χ4n) is 0.930. The van der Waals surface area contributed by atoms with Crippen molar-refractivity contribution in [2.24, 2.45) is 7.05 Å². The van der Waals surface area contributed by atoms with Crippen LogP contribution < -0.4 is 0 Å². The molecule has 0 unspecified atom stereocenters. The van der Waals surface area contributed by atoms with E-state index in [1.165, 1.54) is 11.4 Å². The van der Waals surface area contributed by atoms with Crippen molar-refractivity contribution in [3.63, 3.8) is 0 Å². The molecule has 1 rings (SSSR count). The molecule has 7 heteroatoms. The molecule has 0 spiro atoms. The summed E-state index contributed by atoms with van der Waals surface area (Å²) in [4.78, 5) is 4.05. The Morgan fingerprint density at radius 3 is 2.71 bits per heavy atom. The van der Waals surface area contributed by atoms with Crippen LogP contribution in [0.5, 0.6) is 0 Å². The number of halogens is 1. The monoisotopic (exact) mass is 281 g/mol. The first kappa shape index (κ1) is 11.7. The van der Waals surface area contributed by atoms with Gasteiger partial charge in [-0.15, -0.1) is 0 Å². The highest BCUT2D eigenvalue weighted by atomic mass is 79.9. The van der Waals surface area contributed by atoms with E-state index in [0.29, 0.717) is 0 Å². The van der Waals surface area contributed by atoms with Crippen LogP contribution in [-0.4, -0.2) is 34.0 Å². The molecule has 0 aliphatic heterocycles. The summed E-state index contributed by atoms with van der Waals surface area (Å²) < 4.78 is 25.7. The quantitative estimate of drug-likeness (QED) is 0.757. The fraction of sp³-hybridized carbons (Fsp3) is 0.571. The second-order valence-corrected chi connectivity index (χ2v) is 6.31. The fourth-order valence-corrected chi connectivity index (χ4v) is 2.46. The Kier molecular flexibility index (Phi) is 3.68. The van der Waals surface area contributed by atoms with Gasteiger partial charge in [0.15, 0.2) is 0 Å². The van der Waals surface area contributed by atoms with E-state index in [-0.39, 0.29) is 11.2 Å². The Labute approximate surface area is 91.9 Å². The minimum absolute atomic E-state index is 0.0685. The van der Waals surface area contributed by atoms with Crippen LogP contribution in [-0.2, 0) is 23.6 Å². The van der Waals surface area contributed by atoms with Crippen LogP contribution in [0.3, 0.4) is 0 Å². The number of hydrogen-bond acceptors (Lipinski definition) is 3. The number of hydrogen-bond donors (Lipinski definition) is 0. The predicted molar refractivity (Wildman–Crippen MR) is 57.4 cm³/mol. The summed E-state index contributed by atoms with van der Waals surface area (Å²) >= 11 is 2.94. The third-order valence-corrected chi connectivity index (χ3v) is 4.99. The molecule has 14 heavy (non-hydrogen) atoms. The zero-order valence-corrected chi connectivity index (χ0v) is 10.4. The van der Waals surface area contributed by atoms with Gasteiger partial charge < -0.3 is 4.57 Å². The molecule has 0 bridgehead atoms. The van der Waals surface area contributed by atoms with Crippen molar-refractivity contribution in [1.29, 1.82) is 0 Å². The van der Waals surface area contributed by atoms with Crippen LogP contribution >= 0.6 is 15.9 Å². The minimum Gasteiger partial charge on any atom is -0.337 e. The normalized spacial score (nSPS) is 12.3. The van der Waals surface area contributed by atoms with Gasteiger partial charge in [-0.3, -0.25) is 0 Å². The Balaban J connectivity index is 2.76. The zero-order chi connectivity index (χ0) is 10.8. The van der Waals surface area contributed by atoms with E-state index in [1.807, 2.05) is 7.05 Å². The van der Waals surface area contributed by atoms with Crippen molar-refractivity contribution in [2.75, 3.05) is 11.7 Å². The number of sulfonamides is 1. The topological polar surface area (TPSA) is 55.2 Å². The summed E-state index contributed by atoms with van der Waals surface area (Å²) in [5.41, 5.74) is 0. The number of rotatable bonds is 4. The van der Waals surface area contributed by atoms with Gasteiger partial charge in [0.1, 0.15) is 10.5 Å². The molecule has 0 N–H and O–H groups in total. The third kappa shape index (κ3) is 2.55. The van der Waals surface area contributed by atoms with Gasteiger partial charge in [0.05, 0.1) is 6.54 Å². The summed E-state index contributed by atoms with van der Waals surface area (Å²) in [6.07, 6.45) is 3.42. The lowest BCUT2D eigenvalue weighted by atomic mass is 10.6. The van der Waals surface area contributed by atoms with Gasteiger partial charge in [-0.05, 0) is 0 Å². The zero-order valence-electron chi connectivity index (χ0n) is 8.01. The summed E-state index contributed by atoms with van der Waals surface area (Å²) in [6.45, 7) is 0.289. The van der Waals surface area contributed by atoms with E-state index < -0.39 is 10.0 Å². The molecule has 0 aliphatic rings. The molecule has 5 nitrogen and oxygen atoms in total. The summed E-state index contributed by atoms with van der Waals surface area (Å²) in [7, 11) is 0.169. The van der Waals surface area contributed by atoms with E-state index in [1.54, 1.807) is 17.0 Å². The number of imidazole rings is 1. The van der Waals surface area contributed by atoms with Crippen LogP contribution in [0.15, 0.2) is 12.4 Å². The number of alkyl halides is 1. The van der Waals surface area contributed by atoms with Crippen LogP contribution in [0.4, 0.5) is 0 Å². The summed E-state index contributed by atoms with van der Waals surface area (Å²) in [6, 6.07) is 0. The summed E-state index contributed by atoms with van der Waals surface area (Å²) in [5, 5.41) is 0. The Bertz CT molecular complexity index is 401. The molecule has 0 saturated carbocycles. The first-order valence-corrected chi connectivity index (χ1v) is 6.66. The molecule has 0 saturated heterocycles. The van der Waals surface area contributed by atoms with Crippen LogP contribution in [0, 0.1) is 0 Å². The smallest absolute Gasteiger partial charge is 0.224 e. The molecule has 1 heterocycles. The van der Waals surface area contributed by atoms with Gasteiger partial charge in [0, 0.05) is 26.5 Å². The van der Waals surface area contributed by atoms with Crippen molar-refractivity contribution >= 4 is 26.0 Å². The Morgan fingerprint density at radius 1 is 1.64 bits per heavy atom. The lowest BCUT2D eigenvalue weighted by molar-refractivity contribution is 0.455. The maximum absolute atomic E-state index is 11.4. The third-order valence-electron chi connectivity index (χ3n) is 1.90. The summed E-state index contributed by atoms with van der Waals surface area (Å²) in [5.74, 6) is 0.719. The van der Waals surface area contributed by atoms with Gasteiger partial charge in [0.2, 0.25) is 10.0 Å². The first-order valence-electron chi connectivity index (χ1n) is 3.93. The minimum atomic E-state index is -3.19. The largest absolute Gasteiger partial charge is 0.337 e. The first-order chi connectivity index (χ1) is 6.47. The lowest BCUT2D eigenvalue weighted by Crippen LogP contribution is -2.28. The van der Waals surface area contributed by atoms with Crippen LogP contribution in [0.25, 0.3) is 0 Å². The van der Waals surface area contributed by atoms with Crippen molar-refractivity contribution in [2.45, 2.75) is 6.54 Å². The maximum Gasteiger partial charge on any atom is 0.224 e. The van der Waals surface area contributed by atoms with E-state index in [9.17, 15) is 8.42 Å². The molecule has 0 atom stereocenters. The molecule has 0 aromatic carbocycles. The molecule has 80 valence electrons. The van der Waals surface area contributed by atoms with E-state index in [4.69, 9.17) is 0 Å². The highest BCUT2D eigenvalue weighted by Gasteiger charge is 2.17. The highest BCUT2D eigenvalue weighted by molar-refractivity contribution is 9.10. The molecular formula is C7H12BrN3O2S. The predicted octanol–water partition coefficient (Wildman–Crippen LogP) is 0.534. The molecule has 0 fully saturated rings. The van der Waals surface area contributed by atoms with Gasteiger partial charge in [-0.1, -0.05) is 15.9 Å². The average molecular weight is 282 g/mol. The number of aromatic nitrogens is 2. The molecule has 0 aliphatic carbocycles. The van der Waals surface area contributed by atoms with Crippen LogP contribution in [0.1, 0.15) is 5.82 Å². The van der Waals surface area contributed by atoms with Crippen molar-refractivity contribution in [1.82, 2.24) is 13.9 Å². The van der Waals surface area contributed by atoms with Crippen molar-refractivity contribution in [3.05, 3.63) is 18.2 Å². The molecule has 1 aromatic rings. The standard InChI is InChI=1S/C7H12BrN3O2S/c1-10-4-3-9-7(10)5-11(2)14(12,13)6-8/h3-4H,5-6H2,1-2H3. The lowest BCUT2D eigenvalue weighted by Gasteiger charge is -2.14. The van der Waals surface area contributed by atoms with Gasteiger partial charge in [-0.2, -0.15) is 4.31 Å². The van der Waals surface area contributed by atoms with Gasteiger partial charge >= 0.3 is 0 Å². The number of nitrogens with zero attached hydrogens (tertiary/aromatic N) is 3. The SMILES string of the molecule is CN(Cc1nccn1C)S(=O)(=O)CBr. The molecule has 0 radical (unpaired) electrons. The Hall–Kier alpha value is -0.400. The van der Waals surface area contributed by atoms with E-state index in [2.05, 4.69) is 20.9 Å². The molecule has 1 aromatic heterocycles. The van der Waals surface area contributed by atoms with Crippen molar-refractivity contribution in [3.8, 4) is 0 Å². The highest BCUT2D eigenvalue weighted by Crippen LogP contribution is 2.06. The Morgan fingerprint density at radius 2 is 2.29 bits per heavy atom. The number of aryl methyl sites for hydroxylation is 1. The molecular weight excluding hydrogens is 270 g/mol. The maximum atomic E-state index is 11.4. The van der Waals surface area contributed by atoms with Crippen LogP contribution in [0.2, 0.25) is 0 Å². The average Bonchev–Trinajstić information content (AvgIpc) is 2.52. The van der Waals surface area contributed by atoms with E-state index in [0.717, 1.165) is 5.82 Å². The van der Waals surface area contributed by atoms with Gasteiger partial charge in [0.25, 0.3) is 0 Å². The molecule has 0 amide bonds. The van der Waals surface area contributed by atoms with Crippen molar-refractivity contribution < 1.29 is 8.42 Å². The second-order valence-electron chi connectivity index (χ2n) is 2.93. The second kappa shape index (κ2) is 4.41.